The molecule has 31 heavy (non-hydrogen) atoms. The number of carbonyl (C=O) groups excluding carboxylic acids is 1. The van der Waals surface area contributed by atoms with E-state index in [1.54, 1.807) is 6.20 Å². The molecule has 2 aliphatic rings. The van der Waals surface area contributed by atoms with Gasteiger partial charge >= 0.3 is 0 Å². The fourth-order valence-electron chi connectivity index (χ4n) is 4.64. The van der Waals surface area contributed by atoms with Crippen LogP contribution in [0.15, 0.2) is 48.8 Å². The first-order valence-corrected chi connectivity index (χ1v) is 11.2. The van der Waals surface area contributed by atoms with Crippen LogP contribution in [-0.2, 0) is 24.2 Å². The van der Waals surface area contributed by atoms with Crippen LogP contribution in [0, 0.1) is 5.92 Å². The van der Waals surface area contributed by atoms with Crippen LogP contribution >= 0.6 is 0 Å². The molecule has 2 aromatic heterocycles. The van der Waals surface area contributed by atoms with Crippen LogP contribution in [0.25, 0.3) is 11.4 Å². The number of nitrogens with zero attached hydrogens (tertiary/aromatic N) is 5. The Hall–Kier alpha value is -3.22. The first-order valence-electron chi connectivity index (χ1n) is 11.2. The van der Waals surface area contributed by atoms with E-state index in [0.717, 1.165) is 55.9 Å². The molecule has 1 aliphatic heterocycles. The molecule has 0 spiro atoms. The van der Waals surface area contributed by atoms with Gasteiger partial charge in [0, 0.05) is 48.8 Å². The Bertz CT molecular complexity index is 1030. The van der Waals surface area contributed by atoms with Crippen molar-refractivity contribution in [2.75, 3.05) is 24.5 Å². The second-order valence-corrected chi connectivity index (χ2v) is 8.36. The fraction of sp³-hybridized carbons (Fsp3) is 0.417. The molecule has 1 unspecified atom stereocenters. The second-order valence-electron chi connectivity index (χ2n) is 8.36. The third-order valence-electron chi connectivity index (χ3n) is 6.23. The summed E-state index contributed by atoms with van der Waals surface area (Å²) < 4.78 is 1.84. The Balaban J connectivity index is 1.31. The number of piperidine rings is 1. The summed E-state index contributed by atoms with van der Waals surface area (Å²) in [5, 5.41) is 7.28. The van der Waals surface area contributed by atoms with Gasteiger partial charge in [0.25, 0.3) is 0 Å². The summed E-state index contributed by atoms with van der Waals surface area (Å²) in [5.41, 5.74) is 3.50. The molecule has 1 aliphatic carbocycles. The minimum absolute atomic E-state index is 0.0152. The van der Waals surface area contributed by atoms with E-state index in [1.807, 2.05) is 35.1 Å². The molecular formula is C24H28N6O. The van der Waals surface area contributed by atoms with Crippen molar-refractivity contribution in [3.05, 3.63) is 60.0 Å². The lowest BCUT2D eigenvalue weighted by molar-refractivity contribution is -0.125. The molecule has 0 saturated carbocycles. The van der Waals surface area contributed by atoms with Crippen LogP contribution in [0.5, 0.6) is 0 Å². The van der Waals surface area contributed by atoms with Gasteiger partial charge in [0.2, 0.25) is 5.91 Å². The van der Waals surface area contributed by atoms with Gasteiger partial charge in [-0.15, -0.1) is 0 Å². The summed E-state index contributed by atoms with van der Waals surface area (Å²) in [4.78, 5) is 25.0. The van der Waals surface area contributed by atoms with E-state index in [-0.39, 0.29) is 11.8 Å². The smallest absolute Gasteiger partial charge is 0.224 e. The molecule has 3 aromatic rings. The molecule has 1 atom stereocenters. The van der Waals surface area contributed by atoms with Crippen LogP contribution in [0.3, 0.4) is 0 Å². The van der Waals surface area contributed by atoms with Gasteiger partial charge in [-0.25, -0.2) is 9.97 Å². The maximum absolute atomic E-state index is 12.8. The van der Waals surface area contributed by atoms with Crippen LogP contribution in [-0.4, -0.2) is 45.3 Å². The van der Waals surface area contributed by atoms with Gasteiger partial charge in [0.15, 0.2) is 5.82 Å². The zero-order valence-electron chi connectivity index (χ0n) is 17.7. The second kappa shape index (κ2) is 8.88. The Morgan fingerprint density at radius 2 is 2.00 bits per heavy atom. The third kappa shape index (κ3) is 4.31. The molecule has 1 saturated heterocycles. The Kier molecular flexibility index (Phi) is 5.65. The molecule has 160 valence electrons. The van der Waals surface area contributed by atoms with Gasteiger partial charge in [-0.3, -0.25) is 9.48 Å². The Labute approximate surface area is 182 Å². The van der Waals surface area contributed by atoms with Gasteiger partial charge < -0.3 is 10.2 Å². The topological polar surface area (TPSA) is 75.9 Å². The van der Waals surface area contributed by atoms with Crippen LogP contribution in [0.2, 0.25) is 0 Å². The number of rotatable bonds is 6. The zero-order valence-corrected chi connectivity index (χ0v) is 17.7. The number of hydrogen-bond acceptors (Lipinski definition) is 5. The van der Waals surface area contributed by atoms with E-state index in [0.29, 0.717) is 19.6 Å². The summed E-state index contributed by atoms with van der Waals surface area (Å²) in [6, 6.07) is 12.1. The fourth-order valence-corrected chi connectivity index (χ4v) is 4.64. The minimum atomic E-state index is -0.0152. The van der Waals surface area contributed by atoms with E-state index < -0.39 is 0 Å². The molecule has 0 radical (unpaired) electrons. The van der Waals surface area contributed by atoms with Crippen molar-refractivity contribution < 1.29 is 4.79 Å². The highest BCUT2D eigenvalue weighted by molar-refractivity contribution is 5.79. The molecule has 5 rings (SSSR count). The molecular weight excluding hydrogens is 388 g/mol. The number of amides is 1. The van der Waals surface area contributed by atoms with Crippen LogP contribution < -0.4 is 10.2 Å². The third-order valence-corrected chi connectivity index (χ3v) is 6.23. The first kappa shape index (κ1) is 19.7. The standard InChI is InChI=1S/C24H28N6O/c31-24(25-13-16-30-15-6-12-26-30)19-9-5-14-29(17-19)23-20-10-4-11-21(20)27-22(28-23)18-7-2-1-3-8-18/h1-3,6-8,12,15,19H,4-5,9-11,13-14,16-17H2,(H,25,31). The quantitative estimate of drug-likeness (QED) is 0.669. The van der Waals surface area contributed by atoms with Crippen molar-refractivity contribution in [1.82, 2.24) is 25.1 Å². The summed E-state index contributed by atoms with van der Waals surface area (Å²) in [5.74, 6) is 1.95. The van der Waals surface area contributed by atoms with Gasteiger partial charge in [-0.05, 0) is 38.2 Å². The number of aryl methyl sites for hydroxylation is 1. The van der Waals surface area contributed by atoms with Crippen molar-refractivity contribution in [3.8, 4) is 11.4 Å². The van der Waals surface area contributed by atoms with Crippen molar-refractivity contribution in [3.63, 3.8) is 0 Å². The highest BCUT2D eigenvalue weighted by Gasteiger charge is 2.30. The van der Waals surface area contributed by atoms with E-state index in [4.69, 9.17) is 9.97 Å². The predicted octanol–water partition coefficient (Wildman–Crippen LogP) is 2.86. The molecule has 7 heteroatoms. The monoisotopic (exact) mass is 416 g/mol. The minimum Gasteiger partial charge on any atom is -0.355 e. The number of hydrogen-bond donors (Lipinski definition) is 1. The van der Waals surface area contributed by atoms with E-state index in [2.05, 4.69) is 27.4 Å². The maximum atomic E-state index is 12.8. The molecule has 7 nitrogen and oxygen atoms in total. The summed E-state index contributed by atoms with van der Waals surface area (Å²) >= 11 is 0. The highest BCUT2D eigenvalue weighted by atomic mass is 16.1. The predicted molar refractivity (Wildman–Crippen MR) is 120 cm³/mol. The van der Waals surface area contributed by atoms with Crippen LogP contribution in [0.1, 0.15) is 30.5 Å². The summed E-state index contributed by atoms with van der Waals surface area (Å²) in [7, 11) is 0. The summed E-state index contributed by atoms with van der Waals surface area (Å²) in [6.07, 6.45) is 8.74. The lowest BCUT2D eigenvalue weighted by atomic mass is 9.96. The lowest BCUT2D eigenvalue weighted by Gasteiger charge is -2.34. The number of fused-ring (bicyclic) bond motifs is 1. The van der Waals surface area contributed by atoms with Gasteiger partial charge in [0.1, 0.15) is 5.82 Å². The number of carbonyl (C=O) groups is 1. The first-order chi connectivity index (χ1) is 15.3. The van der Waals surface area contributed by atoms with E-state index in [9.17, 15) is 4.79 Å². The molecule has 1 fully saturated rings. The van der Waals surface area contributed by atoms with Crippen molar-refractivity contribution >= 4 is 11.7 Å². The molecule has 1 amide bonds. The average Bonchev–Trinajstić information content (AvgIpc) is 3.51. The molecule has 1 aromatic carbocycles. The van der Waals surface area contributed by atoms with Crippen molar-refractivity contribution in [2.24, 2.45) is 5.92 Å². The highest BCUT2D eigenvalue weighted by Crippen LogP contribution is 2.33. The average molecular weight is 417 g/mol. The summed E-state index contributed by atoms with van der Waals surface area (Å²) in [6.45, 7) is 2.94. The molecule has 1 N–H and O–H groups in total. The molecule has 3 heterocycles. The van der Waals surface area contributed by atoms with Gasteiger partial charge in [-0.2, -0.15) is 5.10 Å². The number of benzene rings is 1. The SMILES string of the molecule is O=C(NCCn1cccn1)C1CCCN(c2nc(-c3ccccc3)nc3c2CCC3)C1. The van der Waals surface area contributed by atoms with E-state index in [1.165, 1.54) is 11.3 Å². The molecule has 0 bridgehead atoms. The Morgan fingerprint density at radius 1 is 1.10 bits per heavy atom. The normalized spacial score (nSPS) is 18.1. The lowest BCUT2D eigenvalue weighted by Crippen LogP contribution is -2.44. The number of anilines is 1. The van der Waals surface area contributed by atoms with Crippen LogP contribution in [0.4, 0.5) is 5.82 Å². The van der Waals surface area contributed by atoms with Gasteiger partial charge in [0.05, 0.1) is 12.5 Å². The Morgan fingerprint density at radius 3 is 2.84 bits per heavy atom. The number of nitrogens with one attached hydrogen (secondary N) is 1. The largest absolute Gasteiger partial charge is 0.355 e. The van der Waals surface area contributed by atoms with Crippen molar-refractivity contribution in [2.45, 2.75) is 38.6 Å². The van der Waals surface area contributed by atoms with E-state index >= 15 is 0 Å². The maximum Gasteiger partial charge on any atom is 0.224 e. The van der Waals surface area contributed by atoms with Crippen molar-refractivity contribution in [1.29, 1.82) is 0 Å². The van der Waals surface area contributed by atoms with Gasteiger partial charge in [-0.1, -0.05) is 30.3 Å². The number of aromatic nitrogens is 4. The zero-order chi connectivity index (χ0) is 21.0.